The SMILES string of the molecule is Cc1ccc2nc(C)c(/C=C/c3nc(NC4CCOCC4)cc(N4CCCC4)n3)nc2c1. The molecule has 7 nitrogen and oxygen atoms in total. The van der Waals surface area contributed by atoms with Gasteiger partial charge in [-0.25, -0.2) is 19.9 Å². The van der Waals surface area contributed by atoms with Crippen LogP contribution in [0.25, 0.3) is 23.2 Å². The third-order valence-corrected chi connectivity index (χ3v) is 6.15. The van der Waals surface area contributed by atoms with Gasteiger partial charge < -0.3 is 15.0 Å². The standard InChI is InChI=1S/C25H30N6O/c1-17-5-6-21-22(15-17)28-20(18(2)26-21)7-8-23-29-24(27-19-9-13-32-14-10-19)16-25(30-23)31-11-3-4-12-31/h5-8,15-16,19H,3-4,9-14H2,1-2H3,(H,27,29,30)/b8-7+. The number of ether oxygens (including phenoxy) is 1. The van der Waals surface area contributed by atoms with E-state index in [0.29, 0.717) is 11.9 Å². The zero-order valence-corrected chi connectivity index (χ0v) is 18.8. The number of nitrogens with zero attached hydrogens (tertiary/aromatic N) is 5. The molecule has 166 valence electrons. The average molecular weight is 431 g/mol. The molecule has 2 aliphatic heterocycles. The number of hydrogen-bond donors (Lipinski definition) is 1. The first kappa shape index (κ1) is 20.8. The smallest absolute Gasteiger partial charge is 0.156 e. The first-order chi connectivity index (χ1) is 15.6. The van der Waals surface area contributed by atoms with Gasteiger partial charge in [-0.2, -0.15) is 0 Å². The quantitative estimate of drug-likeness (QED) is 0.643. The highest BCUT2D eigenvalue weighted by atomic mass is 16.5. The van der Waals surface area contributed by atoms with Crippen molar-refractivity contribution in [1.82, 2.24) is 19.9 Å². The van der Waals surface area contributed by atoms with Crippen LogP contribution in [-0.2, 0) is 4.74 Å². The van der Waals surface area contributed by atoms with Gasteiger partial charge in [0.15, 0.2) is 5.82 Å². The molecule has 1 N–H and O–H groups in total. The molecule has 0 radical (unpaired) electrons. The summed E-state index contributed by atoms with van der Waals surface area (Å²) in [4.78, 5) is 21.5. The molecule has 7 heteroatoms. The van der Waals surface area contributed by atoms with Gasteiger partial charge in [0.25, 0.3) is 0 Å². The molecule has 0 bridgehead atoms. The maximum Gasteiger partial charge on any atom is 0.156 e. The second kappa shape index (κ2) is 9.20. The largest absolute Gasteiger partial charge is 0.381 e. The molecule has 2 aliphatic rings. The zero-order chi connectivity index (χ0) is 21.9. The third kappa shape index (κ3) is 4.72. The Morgan fingerprint density at radius 1 is 0.938 bits per heavy atom. The van der Waals surface area contributed by atoms with Crippen LogP contribution >= 0.6 is 0 Å². The molecular weight excluding hydrogens is 400 g/mol. The summed E-state index contributed by atoms with van der Waals surface area (Å²) in [6, 6.07) is 8.63. The van der Waals surface area contributed by atoms with E-state index < -0.39 is 0 Å². The molecule has 0 aliphatic carbocycles. The molecule has 2 aromatic heterocycles. The van der Waals surface area contributed by atoms with Gasteiger partial charge in [0, 0.05) is 38.4 Å². The Labute approximate surface area is 189 Å². The highest BCUT2D eigenvalue weighted by Crippen LogP contribution is 2.23. The van der Waals surface area contributed by atoms with Gasteiger partial charge in [-0.3, -0.25) is 0 Å². The lowest BCUT2D eigenvalue weighted by molar-refractivity contribution is 0.0904. The fourth-order valence-corrected chi connectivity index (χ4v) is 4.34. The fraction of sp³-hybridized carbons (Fsp3) is 0.440. The van der Waals surface area contributed by atoms with E-state index in [1.54, 1.807) is 0 Å². The number of aromatic nitrogens is 4. The highest BCUT2D eigenvalue weighted by molar-refractivity contribution is 5.78. The van der Waals surface area contributed by atoms with Crippen molar-refractivity contribution >= 4 is 34.8 Å². The molecule has 4 heterocycles. The summed E-state index contributed by atoms with van der Waals surface area (Å²) in [5, 5.41) is 3.61. The lowest BCUT2D eigenvalue weighted by Gasteiger charge is -2.24. The van der Waals surface area contributed by atoms with Crippen molar-refractivity contribution in [3.63, 3.8) is 0 Å². The molecule has 0 amide bonds. The number of fused-ring (bicyclic) bond motifs is 1. The molecule has 2 saturated heterocycles. The number of aryl methyl sites for hydroxylation is 2. The molecule has 3 aromatic rings. The fourth-order valence-electron chi connectivity index (χ4n) is 4.34. The molecule has 2 fully saturated rings. The molecule has 5 rings (SSSR count). The summed E-state index contributed by atoms with van der Waals surface area (Å²) in [6.07, 6.45) is 8.35. The lowest BCUT2D eigenvalue weighted by Crippen LogP contribution is -2.28. The van der Waals surface area contributed by atoms with Crippen molar-refractivity contribution in [2.75, 3.05) is 36.5 Å². The molecule has 0 unspecified atom stereocenters. The Balaban J connectivity index is 1.45. The van der Waals surface area contributed by atoms with Crippen LogP contribution < -0.4 is 10.2 Å². The van der Waals surface area contributed by atoms with Crippen molar-refractivity contribution < 1.29 is 4.74 Å². The molecule has 32 heavy (non-hydrogen) atoms. The topological polar surface area (TPSA) is 76.1 Å². The predicted octanol–water partition coefficient (Wildman–Crippen LogP) is 4.40. The van der Waals surface area contributed by atoms with Crippen LogP contribution in [0.2, 0.25) is 0 Å². The van der Waals surface area contributed by atoms with Gasteiger partial charge in [0.1, 0.15) is 11.6 Å². The maximum atomic E-state index is 5.50. The molecular formula is C25H30N6O. The Morgan fingerprint density at radius 2 is 1.75 bits per heavy atom. The first-order valence-electron chi connectivity index (χ1n) is 11.6. The van der Waals surface area contributed by atoms with Crippen molar-refractivity contribution in [2.24, 2.45) is 0 Å². The van der Waals surface area contributed by atoms with Crippen LogP contribution in [0.5, 0.6) is 0 Å². The van der Waals surface area contributed by atoms with Gasteiger partial charge in [-0.1, -0.05) is 6.07 Å². The lowest BCUT2D eigenvalue weighted by atomic mass is 10.1. The van der Waals surface area contributed by atoms with E-state index in [1.807, 2.05) is 25.1 Å². The van der Waals surface area contributed by atoms with E-state index in [2.05, 4.69) is 35.3 Å². The van der Waals surface area contributed by atoms with Crippen molar-refractivity contribution in [3.8, 4) is 0 Å². The molecule has 1 aromatic carbocycles. The van der Waals surface area contributed by atoms with Gasteiger partial charge in [-0.05, 0) is 69.4 Å². The first-order valence-corrected chi connectivity index (χ1v) is 11.6. The number of nitrogens with one attached hydrogen (secondary N) is 1. The van der Waals surface area contributed by atoms with Gasteiger partial charge in [0.2, 0.25) is 0 Å². The van der Waals surface area contributed by atoms with Crippen molar-refractivity contribution in [2.45, 2.75) is 45.6 Å². The van der Waals surface area contributed by atoms with Gasteiger partial charge in [-0.15, -0.1) is 0 Å². The van der Waals surface area contributed by atoms with E-state index in [4.69, 9.17) is 24.7 Å². The van der Waals surface area contributed by atoms with Crippen LogP contribution in [0.4, 0.5) is 11.6 Å². The second-order valence-corrected chi connectivity index (χ2v) is 8.71. The van der Waals surface area contributed by atoms with E-state index >= 15 is 0 Å². The highest BCUT2D eigenvalue weighted by Gasteiger charge is 2.18. The summed E-state index contributed by atoms with van der Waals surface area (Å²) < 4.78 is 5.50. The third-order valence-electron chi connectivity index (χ3n) is 6.15. The summed E-state index contributed by atoms with van der Waals surface area (Å²) in [6.45, 7) is 7.76. The maximum absolute atomic E-state index is 5.50. The van der Waals surface area contributed by atoms with Crippen LogP contribution in [0, 0.1) is 13.8 Å². The predicted molar refractivity (Wildman–Crippen MR) is 129 cm³/mol. The zero-order valence-electron chi connectivity index (χ0n) is 18.8. The second-order valence-electron chi connectivity index (χ2n) is 8.71. The average Bonchev–Trinajstić information content (AvgIpc) is 3.34. The number of benzene rings is 1. The summed E-state index contributed by atoms with van der Waals surface area (Å²) in [5.41, 5.74) is 4.74. The van der Waals surface area contributed by atoms with Gasteiger partial charge >= 0.3 is 0 Å². The van der Waals surface area contributed by atoms with E-state index in [0.717, 1.165) is 73.2 Å². The summed E-state index contributed by atoms with van der Waals surface area (Å²) in [5.74, 6) is 2.56. The molecule has 0 atom stereocenters. The minimum atomic E-state index is 0.388. The van der Waals surface area contributed by atoms with Crippen LogP contribution in [-0.4, -0.2) is 52.3 Å². The van der Waals surface area contributed by atoms with Crippen LogP contribution in [0.1, 0.15) is 48.5 Å². The van der Waals surface area contributed by atoms with Crippen LogP contribution in [0.3, 0.4) is 0 Å². The number of hydrogen-bond acceptors (Lipinski definition) is 7. The monoisotopic (exact) mass is 430 g/mol. The Kier molecular flexibility index (Phi) is 5.99. The van der Waals surface area contributed by atoms with Crippen LogP contribution in [0.15, 0.2) is 24.3 Å². The molecule has 0 saturated carbocycles. The van der Waals surface area contributed by atoms with E-state index in [-0.39, 0.29) is 0 Å². The number of rotatable bonds is 5. The minimum Gasteiger partial charge on any atom is -0.381 e. The Hall–Kier alpha value is -3.06. The van der Waals surface area contributed by atoms with Gasteiger partial charge in [0.05, 0.1) is 22.4 Å². The van der Waals surface area contributed by atoms with Crippen molar-refractivity contribution in [3.05, 3.63) is 47.0 Å². The van der Waals surface area contributed by atoms with E-state index in [9.17, 15) is 0 Å². The van der Waals surface area contributed by atoms with Crippen molar-refractivity contribution in [1.29, 1.82) is 0 Å². The normalized spacial score (nSPS) is 17.5. The Bertz CT molecular complexity index is 1130. The minimum absolute atomic E-state index is 0.388. The summed E-state index contributed by atoms with van der Waals surface area (Å²) >= 11 is 0. The summed E-state index contributed by atoms with van der Waals surface area (Å²) in [7, 11) is 0. The Morgan fingerprint density at radius 3 is 2.56 bits per heavy atom. The number of anilines is 2. The van der Waals surface area contributed by atoms with E-state index in [1.165, 1.54) is 18.4 Å². The molecule has 0 spiro atoms.